The zero-order valence-electron chi connectivity index (χ0n) is 11.4. The smallest absolute Gasteiger partial charge is 0.121 e. The molecule has 3 aromatic rings. The Morgan fingerprint density at radius 3 is 2.55 bits per heavy atom. The van der Waals surface area contributed by atoms with Crippen LogP contribution in [0.5, 0.6) is 0 Å². The van der Waals surface area contributed by atoms with Crippen molar-refractivity contribution >= 4 is 33.0 Å². The maximum atomic E-state index is 10.9. The highest BCUT2D eigenvalue weighted by Crippen LogP contribution is 2.38. The lowest BCUT2D eigenvalue weighted by Gasteiger charge is -2.23. The summed E-state index contributed by atoms with van der Waals surface area (Å²) in [6, 6.07) is 15.9. The standard InChI is InChI=1S/C17H15ClOS/c1-11-7-8-13(10-14(11)18)17(2,19)16-9-12-5-3-4-6-15(12)20-16/h3-10,19H,1-2H3. The SMILES string of the molecule is Cc1ccc(C(C)(O)c2cc3ccccc3s2)cc1Cl. The second-order valence-electron chi connectivity index (χ2n) is 5.18. The molecule has 0 saturated heterocycles. The van der Waals surface area contributed by atoms with E-state index in [4.69, 9.17) is 11.6 Å². The summed E-state index contributed by atoms with van der Waals surface area (Å²) in [4.78, 5) is 0.929. The molecule has 1 heterocycles. The highest BCUT2D eigenvalue weighted by atomic mass is 35.5. The first kappa shape index (κ1) is 13.6. The van der Waals surface area contributed by atoms with E-state index in [1.807, 2.05) is 50.2 Å². The van der Waals surface area contributed by atoms with Gasteiger partial charge in [-0.2, -0.15) is 0 Å². The van der Waals surface area contributed by atoms with Gasteiger partial charge in [-0.15, -0.1) is 11.3 Å². The Labute approximate surface area is 127 Å². The number of benzene rings is 2. The molecule has 102 valence electrons. The van der Waals surface area contributed by atoms with Crippen molar-refractivity contribution in [1.29, 1.82) is 0 Å². The van der Waals surface area contributed by atoms with Gasteiger partial charge >= 0.3 is 0 Å². The lowest BCUT2D eigenvalue weighted by Crippen LogP contribution is -2.21. The molecule has 1 nitrogen and oxygen atoms in total. The van der Waals surface area contributed by atoms with Crippen LogP contribution >= 0.6 is 22.9 Å². The van der Waals surface area contributed by atoms with Crippen LogP contribution in [0, 0.1) is 6.92 Å². The van der Waals surface area contributed by atoms with Crippen LogP contribution in [0.4, 0.5) is 0 Å². The average Bonchev–Trinajstić information content (AvgIpc) is 2.86. The van der Waals surface area contributed by atoms with Gasteiger partial charge in [-0.25, -0.2) is 0 Å². The molecule has 0 aliphatic carbocycles. The van der Waals surface area contributed by atoms with Crippen LogP contribution in [0.3, 0.4) is 0 Å². The first-order valence-electron chi connectivity index (χ1n) is 6.46. The predicted molar refractivity (Wildman–Crippen MR) is 86.7 cm³/mol. The minimum absolute atomic E-state index is 0.684. The number of thiophene rings is 1. The topological polar surface area (TPSA) is 20.2 Å². The molecule has 1 unspecified atom stereocenters. The van der Waals surface area contributed by atoms with Gasteiger partial charge in [-0.1, -0.05) is 41.9 Å². The van der Waals surface area contributed by atoms with Crippen LogP contribution in [-0.4, -0.2) is 5.11 Å². The number of fused-ring (bicyclic) bond motifs is 1. The van der Waals surface area contributed by atoms with E-state index < -0.39 is 5.60 Å². The van der Waals surface area contributed by atoms with Crippen molar-refractivity contribution in [2.45, 2.75) is 19.4 Å². The molecule has 3 rings (SSSR count). The molecule has 20 heavy (non-hydrogen) atoms. The third kappa shape index (κ3) is 2.24. The normalized spacial score (nSPS) is 14.4. The monoisotopic (exact) mass is 302 g/mol. The fraction of sp³-hybridized carbons (Fsp3) is 0.176. The van der Waals surface area contributed by atoms with E-state index in [0.29, 0.717) is 5.02 Å². The molecule has 1 atom stereocenters. The maximum absolute atomic E-state index is 10.9. The van der Waals surface area contributed by atoms with E-state index in [1.165, 1.54) is 4.70 Å². The number of halogens is 1. The summed E-state index contributed by atoms with van der Waals surface area (Å²) in [5, 5.41) is 12.8. The van der Waals surface area contributed by atoms with Gasteiger partial charge in [0.15, 0.2) is 0 Å². The van der Waals surface area contributed by atoms with E-state index >= 15 is 0 Å². The van der Waals surface area contributed by atoms with Crippen molar-refractivity contribution in [2.24, 2.45) is 0 Å². The van der Waals surface area contributed by atoms with E-state index in [-0.39, 0.29) is 0 Å². The highest BCUT2D eigenvalue weighted by Gasteiger charge is 2.28. The molecular weight excluding hydrogens is 288 g/mol. The Bertz CT molecular complexity index is 741. The Balaban J connectivity index is 2.12. The summed E-state index contributed by atoms with van der Waals surface area (Å²) in [5.74, 6) is 0. The van der Waals surface area contributed by atoms with Gasteiger partial charge in [0.1, 0.15) is 5.60 Å². The number of hydrogen-bond donors (Lipinski definition) is 1. The Hall–Kier alpha value is -1.35. The van der Waals surface area contributed by atoms with Crippen molar-refractivity contribution in [3.05, 3.63) is 69.6 Å². The molecular formula is C17H15ClOS. The molecule has 0 amide bonds. The summed E-state index contributed by atoms with van der Waals surface area (Å²) < 4.78 is 1.18. The lowest BCUT2D eigenvalue weighted by atomic mass is 9.93. The van der Waals surface area contributed by atoms with Crippen LogP contribution in [-0.2, 0) is 5.60 Å². The van der Waals surface area contributed by atoms with Crippen LogP contribution < -0.4 is 0 Å². The average molecular weight is 303 g/mol. The van der Waals surface area contributed by atoms with Gasteiger partial charge in [0.25, 0.3) is 0 Å². The van der Waals surface area contributed by atoms with Crippen molar-refractivity contribution in [3.8, 4) is 0 Å². The van der Waals surface area contributed by atoms with E-state index in [0.717, 1.165) is 21.4 Å². The molecule has 0 spiro atoms. The lowest BCUT2D eigenvalue weighted by molar-refractivity contribution is 0.106. The van der Waals surface area contributed by atoms with Crippen LogP contribution in [0.1, 0.15) is 22.9 Å². The fourth-order valence-electron chi connectivity index (χ4n) is 2.26. The molecule has 0 radical (unpaired) electrons. The van der Waals surface area contributed by atoms with Gasteiger partial charge in [0.2, 0.25) is 0 Å². The van der Waals surface area contributed by atoms with Crippen molar-refractivity contribution in [1.82, 2.24) is 0 Å². The van der Waals surface area contributed by atoms with Crippen molar-refractivity contribution < 1.29 is 5.11 Å². The second-order valence-corrected chi connectivity index (χ2v) is 6.68. The van der Waals surface area contributed by atoms with Gasteiger partial charge in [-0.3, -0.25) is 0 Å². The molecule has 1 N–H and O–H groups in total. The number of rotatable bonds is 2. The molecule has 3 heteroatoms. The molecule has 0 fully saturated rings. The van der Waals surface area contributed by atoms with Gasteiger partial charge in [0, 0.05) is 14.6 Å². The summed E-state index contributed by atoms with van der Waals surface area (Å²) in [6.07, 6.45) is 0. The number of aliphatic hydroxyl groups is 1. The fourth-order valence-corrected chi connectivity index (χ4v) is 3.57. The van der Waals surface area contributed by atoms with Gasteiger partial charge in [-0.05, 0) is 48.6 Å². The maximum Gasteiger partial charge on any atom is 0.121 e. The largest absolute Gasteiger partial charge is 0.380 e. The summed E-state index contributed by atoms with van der Waals surface area (Å²) in [5.41, 5.74) is 0.809. The zero-order valence-corrected chi connectivity index (χ0v) is 12.9. The molecule has 2 aromatic carbocycles. The third-order valence-corrected chi connectivity index (χ3v) is 5.37. The van der Waals surface area contributed by atoms with E-state index in [2.05, 4.69) is 12.1 Å². The summed E-state index contributed by atoms with van der Waals surface area (Å²) in [6.45, 7) is 3.78. The number of aryl methyl sites for hydroxylation is 1. The van der Waals surface area contributed by atoms with Gasteiger partial charge in [0.05, 0.1) is 0 Å². The second kappa shape index (κ2) is 4.88. The third-order valence-electron chi connectivity index (χ3n) is 3.64. The Kier molecular flexibility index (Phi) is 3.33. The first-order chi connectivity index (χ1) is 9.48. The minimum atomic E-state index is -1.03. The first-order valence-corrected chi connectivity index (χ1v) is 7.66. The summed E-state index contributed by atoms with van der Waals surface area (Å²) >= 11 is 7.79. The molecule has 0 aliphatic rings. The molecule has 0 bridgehead atoms. The number of hydrogen-bond acceptors (Lipinski definition) is 2. The highest BCUT2D eigenvalue weighted by molar-refractivity contribution is 7.19. The van der Waals surface area contributed by atoms with Crippen LogP contribution in [0.15, 0.2) is 48.5 Å². The molecule has 0 saturated carbocycles. The Morgan fingerprint density at radius 1 is 1.10 bits per heavy atom. The molecule has 1 aromatic heterocycles. The van der Waals surface area contributed by atoms with Crippen molar-refractivity contribution in [3.63, 3.8) is 0 Å². The van der Waals surface area contributed by atoms with E-state index in [9.17, 15) is 5.11 Å². The Morgan fingerprint density at radius 2 is 1.85 bits per heavy atom. The van der Waals surface area contributed by atoms with Crippen molar-refractivity contribution in [2.75, 3.05) is 0 Å². The predicted octanol–water partition coefficient (Wildman–Crippen LogP) is 5.12. The van der Waals surface area contributed by atoms with E-state index in [1.54, 1.807) is 11.3 Å². The van der Waals surface area contributed by atoms with Crippen LogP contribution in [0.25, 0.3) is 10.1 Å². The quantitative estimate of drug-likeness (QED) is 0.696. The molecule has 0 aliphatic heterocycles. The summed E-state index contributed by atoms with van der Waals surface area (Å²) in [7, 11) is 0. The van der Waals surface area contributed by atoms with Crippen LogP contribution in [0.2, 0.25) is 5.02 Å². The zero-order chi connectivity index (χ0) is 14.3. The van der Waals surface area contributed by atoms with Gasteiger partial charge < -0.3 is 5.11 Å². The minimum Gasteiger partial charge on any atom is -0.380 e.